The lowest BCUT2D eigenvalue weighted by molar-refractivity contribution is -0.120. The van der Waals surface area contributed by atoms with Gasteiger partial charge in [0.2, 0.25) is 0 Å². The van der Waals surface area contributed by atoms with Crippen LogP contribution in [0.5, 0.6) is 5.75 Å². The summed E-state index contributed by atoms with van der Waals surface area (Å²) in [6.07, 6.45) is 0. The van der Waals surface area contributed by atoms with Crippen LogP contribution in [0.2, 0.25) is 10.0 Å². The summed E-state index contributed by atoms with van der Waals surface area (Å²) >= 11 is 18.5. The summed E-state index contributed by atoms with van der Waals surface area (Å²) in [6.45, 7) is 12.6. The quantitative estimate of drug-likeness (QED) is 0.182. The lowest BCUT2D eigenvalue weighted by Gasteiger charge is -2.26. The van der Waals surface area contributed by atoms with E-state index < -0.39 is 17.8 Å². The van der Waals surface area contributed by atoms with Gasteiger partial charge in [0.1, 0.15) is 16.5 Å². The molecule has 0 fully saturated rings. The second-order valence-corrected chi connectivity index (χ2v) is 12.7. The molecule has 9 heteroatoms. The molecule has 0 radical (unpaired) electrons. The summed E-state index contributed by atoms with van der Waals surface area (Å²) in [7, 11) is 0. The first kappa shape index (κ1) is 29.7. The number of benzene rings is 3. The van der Waals surface area contributed by atoms with Gasteiger partial charge in [-0.1, -0.05) is 94.5 Å². The van der Waals surface area contributed by atoms with Gasteiger partial charge in [-0.05, 0) is 58.9 Å². The van der Waals surface area contributed by atoms with E-state index in [1.54, 1.807) is 36.4 Å². The lowest BCUT2D eigenvalue weighted by atomic mass is 9.80. The Bertz CT molecular complexity index is 1550. The number of rotatable bonds is 5. The first-order valence-corrected chi connectivity index (χ1v) is 13.7. The molecule has 208 valence electrons. The number of hydrogen-bond acceptors (Lipinski definition) is 5. The number of nitrogens with zero attached hydrogens (tertiary/aromatic N) is 1. The zero-order valence-electron chi connectivity index (χ0n) is 23.0. The molecule has 0 aromatic heterocycles. The molecular formula is C31H29Cl3N2O4. The number of amides is 2. The lowest BCUT2D eigenvalue weighted by Crippen LogP contribution is -2.32. The van der Waals surface area contributed by atoms with E-state index >= 15 is 0 Å². The second-order valence-electron chi connectivity index (χ2n) is 11.5. The van der Waals surface area contributed by atoms with Gasteiger partial charge < -0.3 is 10.1 Å². The van der Waals surface area contributed by atoms with Gasteiger partial charge >= 0.3 is 5.97 Å². The fraction of sp³-hybridized carbons (Fsp3) is 0.258. The molecule has 40 heavy (non-hydrogen) atoms. The number of ether oxygens (including phenoxy) is 1. The van der Waals surface area contributed by atoms with E-state index in [1.165, 1.54) is 6.07 Å². The van der Waals surface area contributed by atoms with Crippen LogP contribution in [0.1, 0.15) is 63.0 Å². The number of carbonyl (C=O) groups is 3. The van der Waals surface area contributed by atoms with Gasteiger partial charge in [-0.15, -0.1) is 0 Å². The zero-order chi connectivity index (χ0) is 29.6. The number of nitrogens with one attached hydrogen (secondary N) is 1. The zero-order valence-corrected chi connectivity index (χ0v) is 25.3. The molecule has 0 saturated heterocycles. The maximum atomic E-state index is 13.1. The third-order valence-electron chi connectivity index (χ3n) is 6.45. The van der Waals surface area contributed by atoms with Crippen molar-refractivity contribution >= 4 is 64.0 Å². The standard InChI is InChI=1S/C31H29Cl3N2O4/c1-30(2,3)18-12-15-23(20(16-18)31(4,5)6)40-29(39)17-10-13-19(14-11-17)35-26-25(34)27(37)36(28(26)38)22-9-7-8-21(32)24(22)33/h7-16,35H,1-6H3. The first-order chi connectivity index (χ1) is 18.6. The highest BCUT2D eigenvalue weighted by Crippen LogP contribution is 2.38. The maximum Gasteiger partial charge on any atom is 0.343 e. The molecule has 0 saturated carbocycles. The average Bonchev–Trinajstić information content (AvgIpc) is 3.08. The van der Waals surface area contributed by atoms with Crippen molar-refractivity contribution in [3.63, 3.8) is 0 Å². The van der Waals surface area contributed by atoms with E-state index in [1.807, 2.05) is 12.1 Å². The smallest absolute Gasteiger partial charge is 0.343 e. The highest BCUT2D eigenvalue weighted by Gasteiger charge is 2.40. The molecule has 1 aliphatic rings. The molecule has 1 heterocycles. The van der Waals surface area contributed by atoms with E-state index in [0.29, 0.717) is 17.0 Å². The van der Waals surface area contributed by atoms with Gasteiger partial charge in [-0.25, -0.2) is 9.69 Å². The molecule has 4 rings (SSSR count). The van der Waals surface area contributed by atoms with Gasteiger partial charge in [0.25, 0.3) is 11.8 Å². The van der Waals surface area contributed by atoms with E-state index in [0.717, 1.165) is 16.0 Å². The number of halogens is 3. The fourth-order valence-corrected chi connectivity index (χ4v) is 4.75. The molecule has 0 aliphatic carbocycles. The van der Waals surface area contributed by atoms with Crippen LogP contribution in [0.4, 0.5) is 11.4 Å². The summed E-state index contributed by atoms with van der Waals surface area (Å²) in [5, 5.41) is 2.84. The van der Waals surface area contributed by atoms with Gasteiger partial charge in [0, 0.05) is 11.3 Å². The van der Waals surface area contributed by atoms with Crippen LogP contribution < -0.4 is 15.0 Å². The predicted molar refractivity (Wildman–Crippen MR) is 161 cm³/mol. The van der Waals surface area contributed by atoms with Crippen molar-refractivity contribution in [1.82, 2.24) is 0 Å². The Hall–Kier alpha value is -3.32. The van der Waals surface area contributed by atoms with Crippen LogP contribution in [0.15, 0.2) is 71.4 Å². The first-order valence-electron chi connectivity index (χ1n) is 12.6. The Morgan fingerprint density at radius 3 is 2.08 bits per heavy atom. The van der Waals surface area contributed by atoms with Crippen LogP contribution in [-0.2, 0) is 20.4 Å². The Balaban J connectivity index is 1.53. The van der Waals surface area contributed by atoms with Gasteiger partial charge in [-0.3, -0.25) is 9.59 Å². The molecule has 2 amide bonds. The average molecular weight is 600 g/mol. The molecule has 0 unspecified atom stereocenters. The van der Waals surface area contributed by atoms with Crippen molar-refractivity contribution in [3.05, 3.63) is 98.1 Å². The monoisotopic (exact) mass is 598 g/mol. The van der Waals surface area contributed by atoms with Crippen LogP contribution in [0.25, 0.3) is 0 Å². The summed E-state index contributed by atoms with van der Waals surface area (Å²) in [4.78, 5) is 39.8. The van der Waals surface area contributed by atoms with Crippen molar-refractivity contribution in [2.24, 2.45) is 0 Å². The van der Waals surface area contributed by atoms with E-state index in [2.05, 4.69) is 52.9 Å². The van der Waals surface area contributed by atoms with Gasteiger partial charge in [0.05, 0.1) is 21.3 Å². The van der Waals surface area contributed by atoms with Crippen molar-refractivity contribution in [3.8, 4) is 5.75 Å². The van der Waals surface area contributed by atoms with Crippen molar-refractivity contribution in [2.75, 3.05) is 10.2 Å². The van der Waals surface area contributed by atoms with E-state index in [-0.39, 0.29) is 37.3 Å². The highest BCUT2D eigenvalue weighted by atomic mass is 35.5. The van der Waals surface area contributed by atoms with Gasteiger partial charge in [0.15, 0.2) is 0 Å². The van der Waals surface area contributed by atoms with Crippen molar-refractivity contribution < 1.29 is 19.1 Å². The second kappa shape index (κ2) is 10.9. The van der Waals surface area contributed by atoms with Crippen molar-refractivity contribution in [1.29, 1.82) is 0 Å². The molecule has 6 nitrogen and oxygen atoms in total. The Morgan fingerprint density at radius 1 is 0.825 bits per heavy atom. The molecule has 1 aliphatic heterocycles. The predicted octanol–water partition coefficient (Wildman–Crippen LogP) is 8.24. The van der Waals surface area contributed by atoms with Crippen LogP contribution >= 0.6 is 34.8 Å². The van der Waals surface area contributed by atoms with Crippen LogP contribution in [0.3, 0.4) is 0 Å². The minimum Gasteiger partial charge on any atom is -0.423 e. The summed E-state index contributed by atoms with van der Waals surface area (Å²) in [5.41, 5.74) is 2.55. The normalized spacial score (nSPS) is 14.2. The molecule has 1 N–H and O–H groups in total. The molecule has 0 spiro atoms. The summed E-state index contributed by atoms with van der Waals surface area (Å²) < 4.78 is 5.81. The number of esters is 1. The Kier molecular flexibility index (Phi) is 8.10. The number of carbonyl (C=O) groups excluding carboxylic acids is 3. The molecule has 3 aromatic carbocycles. The SMILES string of the molecule is CC(C)(C)c1ccc(OC(=O)c2ccc(NC3=C(Cl)C(=O)N(c4cccc(Cl)c4Cl)C3=O)cc2)c(C(C)(C)C)c1. The molecule has 0 bridgehead atoms. The largest absolute Gasteiger partial charge is 0.423 e. The fourth-order valence-electron chi connectivity index (χ4n) is 4.16. The molecular weight excluding hydrogens is 571 g/mol. The Morgan fingerprint density at radius 2 is 1.48 bits per heavy atom. The maximum absolute atomic E-state index is 13.1. The van der Waals surface area contributed by atoms with Gasteiger partial charge in [-0.2, -0.15) is 0 Å². The molecule has 3 aromatic rings. The number of hydrogen-bond donors (Lipinski definition) is 1. The minimum absolute atomic E-state index is 0.0492. The van der Waals surface area contributed by atoms with E-state index in [9.17, 15) is 14.4 Å². The number of imide groups is 1. The highest BCUT2D eigenvalue weighted by molar-refractivity contribution is 6.54. The third-order valence-corrected chi connectivity index (χ3v) is 7.61. The third kappa shape index (κ3) is 5.90. The number of anilines is 2. The van der Waals surface area contributed by atoms with Crippen molar-refractivity contribution in [2.45, 2.75) is 52.4 Å². The van der Waals surface area contributed by atoms with Crippen LogP contribution in [-0.4, -0.2) is 17.8 Å². The summed E-state index contributed by atoms with van der Waals surface area (Å²) in [6, 6.07) is 16.8. The summed E-state index contributed by atoms with van der Waals surface area (Å²) in [5.74, 6) is -1.44. The minimum atomic E-state index is -0.731. The topological polar surface area (TPSA) is 75.7 Å². The van der Waals surface area contributed by atoms with E-state index in [4.69, 9.17) is 39.5 Å². The molecule has 0 atom stereocenters. The van der Waals surface area contributed by atoms with Crippen LogP contribution in [0, 0.1) is 0 Å². The Labute approximate surface area is 248 Å².